The number of carbonyl (C=O) groups is 3. The summed E-state index contributed by atoms with van der Waals surface area (Å²) >= 11 is 1.21. The molecule has 2 aromatic heterocycles. The Morgan fingerprint density at radius 3 is 2.69 bits per heavy atom. The first kappa shape index (κ1) is 17.1. The van der Waals surface area contributed by atoms with Gasteiger partial charge in [-0.2, -0.15) is 0 Å². The molecule has 0 aliphatic heterocycles. The summed E-state index contributed by atoms with van der Waals surface area (Å²) in [6, 6.07) is 0. The number of fused-ring (bicyclic) bond motifs is 2. The second-order valence-electron chi connectivity index (χ2n) is 7.82. The summed E-state index contributed by atoms with van der Waals surface area (Å²) in [5.41, 5.74) is 1.77. The fourth-order valence-corrected chi connectivity index (χ4v) is 4.71. The van der Waals surface area contributed by atoms with E-state index in [1.807, 2.05) is 13.8 Å². The summed E-state index contributed by atoms with van der Waals surface area (Å²) < 4.78 is 5.67. The fourth-order valence-electron chi connectivity index (χ4n) is 3.79. The van der Waals surface area contributed by atoms with E-state index in [0.29, 0.717) is 52.6 Å². The van der Waals surface area contributed by atoms with E-state index in [-0.39, 0.29) is 22.7 Å². The molecule has 0 unspecified atom stereocenters. The molecule has 6 nitrogen and oxygen atoms in total. The minimum atomic E-state index is -0.428. The van der Waals surface area contributed by atoms with E-state index in [9.17, 15) is 14.4 Å². The van der Waals surface area contributed by atoms with Gasteiger partial charge in [0.2, 0.25) is 0 Å². The molecule has 2 aliphatic rings. The molecule has 4 rings (SSSR count). The predicted molar refractivity (Wildman–Crippen MR) is 97.2 cm³/mol. The monoisotopic (exact) mass is 372 g/mol. The third kappa shape index (κ3) is 2.80. The number of aryl methyl sites for hydroxylation is 1. The summed E-state index contributed by atoms with van der Waals surface area (Å²) in [7, 11) is 0. The Morgan fingerprint density at radius 2 is 1.96 bits per heavy atom. The smallest absolute Gasteiger partial charge is 0.293 e. The molecule has 1 amide bonds. The van der Waals surface area contributed by atoms with Crippen LogP contribution in [0.5, 0.6) is 0 Å². The van der Waals surface area contributed by atoms with Crippen LogP contribution in [0.2, 0.25) is 0 Å². The summed E-state index contributed by atoms with van der Waals surface area (Å²) in [4.78, 5) is 42.1. The largest absolute Gasteiger partial charge is 0.455 e. The second-order valence-corrected chi connectivity index (χ2v) is 8.82. The maximum absolute atomic E-state index is 12.6. The third-order valence-electron chi connectivity index (χ3n) is 4.97. The highest BCUT2D eigenvalue weighted by Gasteiger charge is 2.34. The summed E-state index contributed by atoms with van der Waals surface area (Å²) in [5, 5.41) is 3.13. The maximum Gasteiger partial charge on any atom is 0.293 e. The summed E-state index contributed by atoms with van der Waals surface area (Å²) in [6.45, 7) is 5.82. The SMILES string of the molecule is Cc1c(C(=O)Nc2nc3c(s2)C(=O)CC(C)(C)C3)oc2c1C(=O)CCC2. The van der Waals surface area contributed by atoms with E-state index in [1.54, 1.807) is 6.92 Å². The Balaban J connectivity index is 1.61. The Bertz CT molecular complexity index is 951. The first-order valence-corrected chi connectivity index (χ1v) is 9.56. The minimum Gasteiger partial charge on any atom is -0.455 e. The van der Waals surface area contributed by atoms with Gasteiger partial charge in [0.25, 0.3) is 5.91 Å². The number of Topliss-reactive ketones (excluding diaryl/α,β-unsaturated/α-hetero) is 2. The number of thiazole rings is 1. The van der Waals surface area contributed by atoms with Crippen LogP contribution in [-0.2, 0) is 12.8 Å². The van der Waals surface area contributed by atoms with Gasteiger partial charge in [0.15, 0.2) is 22.5 Å². The average Bonchev–Trinajstić information content (AvgIpc) is 3.08. The van der Waals surface area contributed by atoms with Crippen molar-refractivity contribution in [2.75, 3.05) is 5.32 Å². The van der Waals surface area contributed by atoms with Gasteiger partial charge in [-0.3, -0.25) is 19.7 Å². The number of rotatable bonds is 2. The molecule has 7 heteroatoms. The molecule has 0 atom stereocenters. The van der Waals surface area contributed by atoms with Crippen molar-refractivity contribution in [3.8, 4) is 0 Å². The number of furan rings is 1. The van der Waals surface area contributed by atoms with Gasteiger partial charge in [-0.25, -0.2) is 4.98 Å². The van der Waals surface area contributed by atoms with Gasteiger partial charge >= 0.3 is 0 Å². The van der Waals surface area contributed by atoms with Crippen molar-refractivity contribution in [1.29, 1.82) is 0 Å². The van der Waals surface area contributed by atoms with Crippen LogP contribution >= 0.6 is 11.3 Å². The van der Waals surface area contributed by atoms with Crippen molar-refractivity contribution >= 4 is 33.9 Å². The van der Waals surface area contributed by atoms with Crippen LogP contribution in [0.25, 0.3) is 0 Å². The number of aromatic nitrogens is 1. The van der Waals surface area contributed by atoms with Crippen molar-refractivity contribution in [1.82, 2.24) is 4.98 Å². The van der Waals surface area contributed by atoms with E-state index in [0.717, 1.165) is 12.1 Å². The first-order chi connectivity index (χ1) is 12.2. The van der Waals surface area contributed by atoms with Gasteiger partial charge in [0.1, 0.15) is 5.76 Å². The predicted octanol–water partition coefficient (Wildman–Crippen LogP) is 3.97. The molecule has 0 radical (unpaired) electrons. The zero-order valence-corrected chi connectivity index (χ0v) is 15.8. The first-order valence-electron chi connectivity index (χ1n) is 8.75. The number of amides is 1. The standard InChI is InChI=1S/C19H20N2O4S/c1-9-14-11(22)5-4-6-13(14)25-15(9)17(24)21-18-20-10-7-19(2,3)8-12(23)16(10)26-18/h4-8H2,1-3H3,(H,20,21,24). The van der Waals surface area contributed by atoms with E-state index < -0.39 is 5.91 Å². The van der Waals surface area contributed by atoms with E-state index in [4.69, 9.17) is 4.42 Å². The fraction of sp³-hybridized carbons (Fsp3) is 0.474. The highest BCUT2D eigenvalue weighted by molar-refractivity contribution is 7.17. The molecule has 2 aromatic rings. The van der Waals surface area contributed by atoms with Crippen molar-refractivity contribution in [2.45, 2.75) is 52.9 Å². The molecular formula is C19H20N2O4S. The maximum atomic E-state index is 12.6. The number of nitrogens with one attached hydrogen (secondary N) is 1. The number of carbonyl (C=O) groups excluding carboxylic acids is 3. The quantitative estimate of drug-likeness (QED) is 0.861. The Labute approximate surface area is 155 Å². The molecular weight excluding hydrogens is 352 g/mol. The van der Waals surface area contributed by atoms with Gasteiger partial charge in [-0.15, -0.1) is 0 Å². The lowest BCUT2D eigenvalue weighted by atomic mass is 9.78. The van der Waals surface area contributed by atoms with E-state index in [1.165, 1.54) is 11.3 Å². The van der Waals surface area contributed by atoms with Crippen LogP contribution in [0.3, 0.4) is 0 Å². The molecule has 0 spiro atoms. The third-order valence-corrected chi connectivity index (χ3v) is 6.02. The van der Waals surface area contributed by atoms with Gasteiger partial charge < -0.3 is 4.42 Å². The minimum absolute atomic E-state index is 0.0316. The average molecular weight is 372 g/mol. The molecule has 26 heavy (non-hydrogen) atoms. The Kier molecular flexibility index (Phi) is 3.87. The second kappa shape index (κ2) is 5.87. The summed E-state index contributed by atoms with van der Waals surface area (Å²) in [5.74, 6) is 0.431. The van der Waals surface area contributed by atoms with Gasteiger partial charge in [-0.1, -0.05) is 25.2 Å². The van der Waals surface area contributed by atoms with Crippen LogP contribution in [0.1, 0.15) is 80.7 Å². The molecule has 0 bridgehead atoms. The molecule has 136 valence electrons. The number of anilines is 1. The molecule has 2 heterocycles. The highest BCUT2D eigenvalue weighted by Crippen LogP contribution is 2.38. The summed E-state index contributed by atoms with van der Waals surface area (Å²) in [6.07, 6.45) is 3.11. The van der Waals surface area contributed by atoms with Crippen LogP contribution in [-0.4, -0.2) is 22.5 Å². The Morgan fingerprint density at radius 1 is 1.19 bits per heavy atom. The number of hydrogen-bond donors (Lipinski definition) is 1. The molecule has 0 saturated carbocycles. The molecule has 1 N–H and O–H groups in total. The topological polar surface area (TPSA) is 89.3 Å². The van der Waals surface area contributed by atoms with Gasteiger partial charge in [-0.05, 0) is 25.2 Å². The number of nitrogens with zero attached hydrogens (tertiary/aromatic N) is 1. The number of hydrogen-bond acceptors (Lipinski definition) is 6. The zero-order chi connectivity index (χ0) is 18.6. The molecule has 0 fully saturated rings. The van der Waals surface area contributed by atoms with Crippen LogP contribution in [0, 0.1) is 12.3 Å². The lowest BCUT2D eigenvalue weighted by molar-refractivity contribution is 0.0914. The Hall–Kier alpha value is -2.28. The normalized spacial score (nSPS) is 18.4. The van der Waals surface area contributed by atoms with E-state index >= 15 is 0 Å². The van der Waals surface area contributed by atoms with Gasteiger partial charge in [0.05, 0.1) is 16.1 Å². The van der Waals surface area contributed by atoms with Crippen molar-refractivity contribution in [3.05, 3.63) is 33.2 Å². The van der Waals surface area contributed by atoms with E-state index in [2.05, 4.69) is 10.3 Å². The molecule has 2 aliphatic carbocycles. The van der Waals surface area contributed by atoms with Crippen LogP contribution < -0.4 is 5.32 Å². The van der Waals surface area contributed by atoms with Crippen molar-refractivity contribution in [3.63, 3.8) is 0 Å². The highest BCUT2D eigenvalue weighted by atomic mass is 32.1. The van der Waals surface area contributed by atoms with Crippen LogP contribution in [0.15, 0.2) is 4.42 Å². The number of ketones is 2. The lowest BCUT2D eigenvalue weighted by Gasteiger charge is -2.26. The van der Waals surface area contributed by atoms with Crippen LogP contribution in [0.4, 0.5) is 5.13 Å². The lowest BCUT2D eigenvalue weighted by Crippen LogP contribution is -2.26. The van der Waals surface area contributed by atoms with Crippen molar-refractivity contribution < 1.29 is 18.8 Å². The zero-order valence-electron chi connectivity index (χ0n) is 15.0. The van der Waals surface area contributed by atoms with Gasteiger partial charge in [0, 0.05) is 24.8 Å². The van der Waals surface area contributed by atoms with Crippen molar-refractivity contribution in [2.24, 2.45) is 5.41 Å². The molecule has 0 saturated heterocycles. The molecule has 0 aromatic carbocycles.